The fourth-order valence-corrected chi connectivity index (χ4v) is 4.65. The molecule has 138 valence electrons. The van der Waals surface area contributed by atoms with Crippen LogP contribution in [-0.2, 0) is 27.8 Å². The molecule has 2 aliphatic rings. The zero-order valence-electron chi connectivity index (χ0n) is 14.2. The van der Waals surface area contributed by atoms with Crippen LogP contribution in [0.3, 0.4) is 0 Å². The van der Waals surface area contributed by atoms with Crippen molar-refractivity contribution in [1.82, 2.24) is 19.0 Å². The number of nitrogens with zero attached hydrogens (tertiary/aromatic N) is 4. The average Bonchev–Trinajstić information content (AvgIpc) is 3.12. The number of aromatic nitrogens is 2. The van der Waals surface area contributed by atoms with Crippen molar-refractivity contribution in [2.45, 2.75) is 18.0 Å². The molecule has 3 heterocycles. The number of sulfonamides is 1. The van der Waals surface area contributed by atoms with Crippen LogP contribution in [-0.4, -0.2) is 66.2 Å². The van der Waals surface area contributed by atoms with Crippen LogP contribution in [0.4, 0.5) is 0 Å². The fraction of sp³-hybridized carbons (Fsp3) is 0.412. The van der Waals surface area contributed by atoms with Gasteiger partial charge in [-0.1, -0.05) is 18.2 Å². The zero-order chi connectivity index (χ0) is 18.1. The second-order valence-corrected chi connectivity index (χ2v) is 8.24. The summed E-state index contributed by atoms with van der Waals surface area (Å²) in [6.07, 6.45) is 0. The molecule has 1 amide bonds. The van der Waals surface area contributed by atoms with E-state index in [1.165, 1.54) is 4.31 Å². The standard InChI is InChI=1S/C17H20N4O4S/c22-17(19-8-10-25-11-9-19)16-12-14-13-20(6-7-21(14)18-16)26(23,24)15-4-2-1-3-5-15/h1-5,12H,6-11,13H2. The molecule has 9 heteroatoms. The lowest BCUT2D eigenvalue weighted by Crippen LogP contribution is -2.41. The van der Waals surface area contributed by atoms with Gasteiger partial charge in [-0.3, -0.25) is 9.48 Å². The minimum absolute atomic E-state index is 0.132. The summed E-state index contributed by atoms with van der Waals surface area (Å²) in [5.41, 5.74) is 1.09. The SMILES string of the molecule is O=C(c1cc2n(n1)CCN(S(=O)(=O)c1ccccc1)C2)N1CCOCC1. The Morgan fingerprint density at radius 3 is 2.50 bits per heavy atom. The highest BCUT2D eigenvalue weighted by Gasteiger charge is 2.30. The third kappa shape index (κ3) is 3.13. The van der Waals surface area contributed by atoms with Crippen molar-refractivity contribution in [3.8, 4) is 0 Å². The Balaban J connectivity index is 1.54. The van der Waals surface area contributed by atoms with Gasteiger partial charge in [0, 0.05) is 19.6 Å². The Morgan fingerprint density at radius 1 is 1.04 bits per heavy atom. The maximum atomic E-state index is 12.8. The lowest BCUT2D eigenvalue weighted by molar-refractivity contribution is 0.0298. The van der Waals surface area contributed by atoms with Gasteiger partial charge in [0.15, 0.2) is 5.69 Å². The molecule has 1 aromatic heterocycles. The summed E-state index contributed by atoms with van der Waals surface area (Å²) in [5, 5.41) is 4.38. The largest absolute Gasteiger partial charge is 0.378 e. The molecule has 1 aromatic carbocycles. The average molecular weight is 376 g/mol. The number of carbonyl (C=O) groups excluding carboxylic acids is 1. The zero-order valence-corrected chi connectivity index (χ0v) is 15.1. The van der Waals surface area contributed by atoms with Gasteiger partial charge in [0.1, 0.15) is 0 Å². The van der Waals surface area contributed by atoms with E-state index in [1.54, 1.807) is 46.0 Å². The highest BCUT2D eigenvalue weighted by molar-refractivity contribution is 7.89. The lowest BCUT2D eigenvalue weighted by atomic mass is 10.3. The van der Waals surface area contributed by atoms with Gasteiger partial charge in [0.2, 0.25) is 10.0 Å². The number of benzene rings is 1. The van der Waals surface area contributed by atoms with Crippen molar-refractivity contribution in [2.75, 3.05) is 32.8 Å². The number of fused-ring (bicyclic) bond motifs is 1. The van der Waals surface area contributed by atoms with Crippen LogP contribution < -0.4 is 0 Å². The van der Waals surface area contributed by atoms with Crippen molar-refractivity contribution in [3.63, 3.8) is 0 Å². The van der Waals surface area contributed by atoms with Gasteiger partial charge in [-0.25, -0.2) is 8.42 Å². The first-order valence-corrected chi connectivity index (χ1v) is 9.99. The van der Waals surface area contributed by atoms with Crippen LogP contribution in [0, 0.1) is 0 Å². The van der Waals surface area contributed by atoms with Crippen LogP contribution in [0.1, 0.15) is 16.2 Å². The number of ether oxygens (including phenoxy) is 1. The third-order valence-electron chi connectivity index (χ3n) is 4.66. The van der Waals surface area contributed by atoms with E-state index in [9.17, 15) is 13.2 Å². The van der Waals surface area contributed by atoms with Crippen LogP contribution >= 0.6 is 0 Å². The first-order chi connectivity index (χ1) is 12.6. The minimum Gasteiger partial charge on any atom is -0.378 e. The van der Waals surface area contributed by atoms with E-state index in [0.717, 1.165) is 5.69 Å². The lowest BCUT2D eigenvalue weighted by Gasteiger charge is -2.26. The molecule has 1 saturated heterocycles. The van der Waals surface area contributed by atoms with Crippen molar-refractivity contribution >= 4 is 15.9 Å². The Bertz CT molecular complexity index is 904. The van der Waals surface area contributed by atoms with E-state index >= 15 is 0 Å². The number of hydrogen-bond acceptors (Lipinski definition) is 5. The van der Waals surface area contributed by atoms with Crippen molar-refractivity contribution in [2.24, 2.45) is 0 Å². The summed E-state index contributed by atoms with van der Waals surface area (Å²) in [4.78, 5) is 14.6. The molecule has 2 aliphatic heterocycles. The smallest absolute Gasteiger partial charge is 0.274 e. The number of amides is 1. The molecule has 0 atom stereocenters. The van der Waals surface area contributed by atoms with E-state index in [1.807, 2.05) is 0 Å². The molecule has 0 spiro atoms. The van der Waals surface area contributed by atoms with Gasteiger partial charge in [0.05, 0.1) is 36.9 Å². The Labute approximate surface area is 152 Å². The van der Waals surface area contributed by atoms with E-state index in [4.69, 9.17) is 4.74 Å². The Hall–Kier alpha value is -2.23. The monoisotopic (exact) mass is 376 g/mol. The van der Waals surface area contributed by atoms with Crippen LogP contribution in [0.25, 0.3) is 0 Å². The van der Waals surface area contributed by atoms with Gasteiger partial charge in [-0.2, -0.15) is 9.40 Å². The predicted molar refractivity (Wildman–Crippen MR) is 93.0 cm³/mol. The summed E-state index contributed by atoms with van der Waals surface area (Å²) in [7, 11) is -3.56. The van der Waals surface area contributed by atoms with Crippen LogP contribution in [0.2, 0.25) is 0 Å². The number of morpholine rings is 1. The molecule has 0 saturated carbocycles. The van der Waals surface area contributed by atoms with Crippen molar-refractivity contribution in [1.29, 1.82) is 0 Å². The van der Waals surface area contributed by atoms with Crippen LogP contribution in [0.5, 0.6) is 0 Å². The minimum atomic E-state index is -3.56. The number of hydrogen-bond donors (Lipinski definition) is 0. The summed E-state index contributed by atoms with van der Waals surface area (Å²) < 4.78 is 34.0. The molecular formula is C17H20N4O4S. The predicted octanol–water partition coefficient (Wildman–Crippen LogP) is 0.560. The van der Waals surface area contributed by atoms with Gasteiger partial charge < -0.3 is 9.64 Å². The number of rotatable bonds is 3. The maximum absolute atomic E-state index is 12.8. The maximum Gasteiger partial charge on any atom is 0.274 e. The molecule has 4 rings (SSSR count). The molecule has 0 radical (unpaired) electrons. The fourth-order valence-electron chi connectivity index (χ4n) is 3.22. The second kappa shape index (κ2) is 6.82. The first-order valence-electron chi connectivity index (χ1n) is 8.55. The molecule has 0 aliphatic carbocycles. The van der Waals surface area contributed by atoms with Gasteiger partial charge in [0.25, 0.3) is 5.91 Å². The number of carbonyl (C=O) groups is 1. The molecule has 0 N–H and O–H groups in total. The highest BCUT2D eigenvalue weighted by Crippen LogP contribution is 2.22. The summed E-state index contributed by atoms with van der Waals surface area (Å²) in [5.74, 6) is -0.132. The quantitative estimate of drug-likeness (QED) is 0.782. The van der Waals surface area contributed by atoms with E-state index in [0.29, 0.717) is 45.1 Å². The van der Waals surface area contributed by atoms with E-state index < -0.39 is 10.0 Å². The molecule has 1 fully saturated rings. The third-order valence-corrected chi connectivity index (χ3v) is 6.52. The Morgan fingerprint density at radius 2 is 1.77 bits per heavy atom. The molecule has 8 nitrogen and oxygen atoms in total. The molecule has 0 bridgehead atoms. The normalized spacial score (nSPS) is 18.5. The summed E-state index contributed by atoms with van der Waals surface area (Å²) in [6.45, 7) is 3.13. The Kier molecular flexibility index (Phi) is 4.51. The summed E-state index contributed by atoms with van der Waals surface area (Å²) in [6, 6.07) is 10.1. The van der Waals surface area contributed by atoms with Gasteiger partial charge in [-0.05, 0) is 18.2 Å². The summed E-state index contributed by atoms with van der Waals surface area (Å²) >= 11 is 0. The second-order valence-electron chi connectivity index (χ2n) is 6.30. The highest BCUT2D eigenvalue weighted by atomic mass is 32.2. The molecule has 0 unspecified atom stereocenters. The molecule has 2 aromatic rings. The molecular weight excluding hydrogens is 356 g/mol. The van der Waals surface area contributed by atoms with E-state index in [2.05, 4.69) is 5.10 Å². The van der Waals surface area contributed by atoms with Gasteiger partial charge >= 0.3 is 0 Å². The van der Waals surface area contributed by atoms with E-state index in [-0.39, 0.29) is 17.3 Å². The first kappa shape index (κ1) is 17.2. The van der Waals surface area contributed by atoms with Crippen LogP contribution in [0.15, 0.2) is 41.3 Å². The molecule has 26 heavy (non-hydrogen) atoms. The van der Waals surface area contributed by atoms with Gasteiger partial charge in [-0.15, -0.1) is 0 Å². The van der Waals surface area contributed by atoms with Crippen molar-refractivity contribution in [3.05, 3.63) is 47.8 Å². The van der Waals surface area contributed by atoms with Crippen molar-refractivity contribution < 1.29 is 17.9 Å². The topological polar surface area (TPSA) is 84.7 Å².